The highest BCUT2D eigenvalue weighted by atomic mass is 32.1. The van der Waals surface area contributed by atoms with Crippen molar-refractivity contribution < 1.29 is 14.4 Å². The van der Waals surface area contributed by atoms with Crippen LogP contribution in [0.25, 0.3) is 10.1 Å². The molecule has 0 unspecified atom stereocenters. The highest BCUT2D eigenvalue weighted by Crippen LogP contribution is 2.38. The van der Waals surface area contributed by atoms with Crippen molar-refractivity contribution in [2.24, 2.45) is 0 Å². The number of hydrogen-bond acceptors (Lipinski definition) is 4. The Morgan fingerprint density at radius 2 is 1.68 bits per heavy atom. The van der Waals surface area contributed by atoms with Gasteiger partial charge in [0.1, 0.15) is 5.75 Å². The Labute approximate surface area is 117 Å². The molecular formula is C14H17BO3S. The van der Waals surface area contributed by atoms with Gasteiger partial charge in [-0.25, -0.2) is 0 Å². The summed E-state index contributed by atoms with van der Waals surface area (Å²) in [5.41, 5.74) is -0.0916. The molecule has 1 aliphatic rings. The van der Waals surface area contributed by atoms with E-state index >= 15 is 0 Å². The van der Waals surface area contributed by atoms with Crippen molar-refractivity contribution in [3.63, 3.8) is 0 Å². The van der Waals surface area contributed by atoms with E-state index in [1.807, 2.05) is 51.3 Å². The topological polar surface area (TPSA) is 38.7 Å². The average molecular weight is 276 g/mol. The monoisotopic (exact) mass is 276 g/mol. The van der Waals surface area contributed by atoms with E-state index in [1.165, 1.54) is 0 Å². The van der Waals surface area contributed by atoms with Crippen LogP contribution in [0.4, 0.5) is 0 Å². The third-order valence-corrected chi connectivity index (χ3v) is 5.03. The van der Waals surface area contributed by atoms with Crippen molar-refractivity contribution in [3.8, 4) is 5.75 Å². The Hall–Kier alpha value is -1.04. The first-order valence-electron chi connectivity index (χ1n) is 6.36. The van der Waals surface area contributed by atoms with Gasteiger partial charge < -0.3 is 14.4 Å². The van der Waals surface area contributed by atoms with Crippen LogP contribution in [0.3, 0.4) is 0 Å². The molecule has 3 rings (SSSR count). The third-order valence-electron chi connectivity index (χ3n) is 4.15. The van der Waals surface area contributed by atoms with Crippen molar-refractivity contribution in [2.75, 3.05) is 0 Å². The molecule has 100 valence electrons. The lowest BCUT2D eigenvalue weighted by Gasteiger charge is -2.32. The molecule has 19 heavy (non-hydrogen) atoms. The maximum Gasteiger partial charge on any atom is 0.498 e. The highest BCUT2D eigenvalue weighted by Gasteiger charge is 2.52. The highest BCUT2D eigenvalue weighted by molar-refractivity contribution is 7.17. The van der Waals surface area contributed by atoms with E-state index in [0.29, 0.717) is 5.46 Å². The lowest BCUT2D eigenvalue weighted by atomic mass is 9.78. The molecule has 0 amide bonds. The second-order valence-corrected chi connectivity index (χ2v) is 6.87. The molecule has 1 aliphatic heterocycles. The zero-order valence-corrected chi connectivity index (χ0v) is 12.4. The van der Waals surface area contributed by atoms with Crippen LogP contribution in [0.5, 0.6) is 5.75 Å². The molecule has 0 aliphatic carbocycles. The fourth-order valence-electron chi connectivity index (χ4n) is 2.21. The van der Waals surface area contributed by atoms with E-state index < -0.39 is 18.3 Å². The molecule has 1 fully saturated rings. The first kappa shape index (κ1) is 13.0. The van der Waals surface area contributed by atoms with Gasteiger partial charge in [-0.2, -0.15) is 0 Å². The van der Waals surface area contributed by atoms with Gasteiger partial charge in [-0.05, 0) is 45.2 Å². The SMILES string of the molecule is CC1(C)OB(c2ccc3sccc3c2O)OC1(C)C. The maximum absolute atomic E-state index is 10.4. The number of phenolic OH excluding ortho intramolecular Hbond substituents is 1. The molecule has 2 heterocycles. The number of aromatic hydroxyl groups is 1. The Morgan fingerprint density at radius 1 is 1.05 bits per heavy atom. The van der Waals surface area contributed by atoms with Crippen LogP contribution in [0.15, 0.2) is 23.6 Å². The van der Waals surface area contributed by atoms with Crippen LogP contribution < -0.4 is 5.46 Å². The van der Waals surface area contributed by atoms with Crippen molar-refractivity contribution in [1.29, 1.82) is 0 Å². The first-order chi connectivity index (χ1) is 8.82. The van der Waals surface area contributed by atoms with Gasteiger partial charge in [-0.3, -0.25) is 0 Å². The molecule has 2 aromatic rings. The zero-order valence-electron chi connectivity index (χ0n) is 11.6. The van der Waals surface area contributed by atoms with Gasteiger partial charge in [0.2, 0.25) is 0 Å². The lowest BCUT2D eigenvalue weighted by molar-refractivity contribution is 0.00578. The molecular weight excluding hydrogens is 259 g/mol. The summed E-state index contributed by atoms with van der Waals surface area (Å²) in [5, 5.41) is 13.2. The summed E-state index contributed by atoms with van der Waals surface area (Å²) in [4.78, 5) is 0. The van der Waals surface area contributed by atoms with Gasteiger partial charge in [0.15, 0.2) is 0 Å². The molecule has 1 saturated heterocycles. The Bertz CT molecular complexity index is 617. The summed E-state index contributed by atoms with van der Waals surface area (Å²) in [6.07, 6.45) is 0. The number of fused-ring (bicyclic) bond motifs is 1. The summed E-state index contributed by atoms with van der Waals surface area (Å²) in [7, 11) is -0.519. The van der Waals surface area contributed by atoms with Crippen molar-refractivity contribution >= 4 is 34.0 Å². The van der Waals surface area contributed by atoms with Crippen molar-refractivity contribution in [3.05, 3.63) is 23.6 Å². The largest absolute Gasteiger partial charge is 0.508 e. The molecule has 1 aromatic carbocycles. The minimum atomic E-state index is -0.519. The minimum absolute atomic E-state index is 0.261. The molecule has 0 radical (unpaired) electrons. The maximum atomic E-state index is 10.4. The molecule has 5 heteroatoms. The van der Waals surface area contributed by atoms with Crippen molar-refractivity contribution in [2.45, 2.75) is 38.9 Å². The number of thiophene rings is 1. The van der Waals surface area contributed by atoms with Crippen LogP contribution in [0.1, 0.15) is 27.7 Å². The summed E-state index contributed by atoms with van der Waals surface area (Å²) >= 11 is 1.61. The molecule has 0 atom stereocenters. The van der Waals surface area contributed by atoms with Crippen LogP contribution in [-0.2, 0) is 9.31 Å². The smallest absolute Gasteiger partial charge is 0.498 e. The van der Waals surface area contributed by atoms with Crippen molar-refractivity contribution in [1.82, 2.24) is 0 Å². The van der Waals surface area contributed by atoms with Crippen LogP contribution in [0, 0.1) is 0 Å². The van der Waals surface area contributed by atoms with Gasteiger partial charge in [0.25, 0.3) is 0 Å². The fraction of sp³-hybridized carbons (Fsp3) is 0.429. The summed E-state index contributed by atoms with van der Waals surface area (Å²) in [6, 6.07) is 5.81. The van der Waals surface area contributed by atoms with Gasteiger partial charge in [-0.1, -0.05) is 6.07 Å². The number of rotatable bonds is 1. The van der Waals surface area contributed by atoms with E-state index in [0.717, 1.165) is 10.1 Å². The second kappa shape index (κ2) is 3.98. The number of phenols is 1. The fourth-order valence-corrected chi connectivity index (χ4v) is 2.99. The second-order valence-electron chi connectivity index (χ2n) is 5.92. The minimum Gasteiger partial charge on any atom is -0.508 e. The van der Waals surface area contributed by atoms with Gasteiger partial charge in [0.05, 0.1) is 11.2 Å². The predicted molar refractivity (Wildman–Crippen MR) is 79.2 cm³/mol. The van der Waals surface area contributed by atoms with Gasteiger partial charge >= 0.3 is 7.12 Å². The van der Waals surface area contributed by atoms with E-state index in [4.69, 9.17) is 9.31 Å². The third kappa shape index (κ3) is 1.88. The average Bonchev–Trinajstić information content (AvgIpc) is 2.83. The molecule has 3 nitrogen and oxygen atoms in total. The molecule has 0 bridgehead atoms. The van der Waals surface area contributed by atoms with Crippen LogP contribution in [-0.4, -0.2) is 23.4 Å². The quantitative estimate of drug-likeness (QED) is 0.814. The standard InChI is InChI=1S/C14H17BO3S/c1-13(2)14(3,4)18-15(17-13)10-5-6-11-9(12(10)16)7-8-19-11/h5-8,16H,1-4H3. The summed E-state index contributed by atoms with van der Waals surface area (Å²) < 4.78 is 13.0. The molecule has 1 N–H and O–H groups in total. The molecule has 1 aromatic heterocycles. The van der Waals surface area contributed by atoms with E-state index in [9.17, 15) is 5.11 Å². The van der Waals surface area contributed by atoms with E-state index in [2.05, 4.69) is 0 Å². The molecule has 0 spiro atoms. The molecule has 0 saturated carbocycles. The van der Waals surface area contributed by atoms with Gasteiger partial charge in [-0.15, -0.1) is 11.3 Å². The first-order valence-corrected chi connectivity index (χ1v) is 7.24. The van der Waals surface area contributed by atoms with Crippen LogP contribution >= 0.6 is 11.3 Å². The van der Waals surface area contributed by atoms with Crippen LogP contribution in [0.2, 0.25) is 0 Å². The Kier molecular flexibility index (Phi) is 2.72. The number of hydrogen-bond donors (Lipinski definition) is 1. The van der Waals surface area contributed by atoms with E-state index in [1.54, 1.807) is 11.3 Å². The van der Waals surface area contributed by atoms with E-state index in [-0.39, 0.29) is 5.75 Å². The summed E-state index contributed by atoms with van der Waals surface area (Å²) in [5.74, 6) is 0.261. The normalized spacial score (nSPS) is 21.2. The predicted octanol–water partition coefficient (Wildman–Crippen LogP) is 2.91. The Balaban J connectivity index is 2.04. The van der Waals surface area contributed by atoms with Gasteiger partial charge in [0, 0.05) is 15.5 Å². The lowest BCUT2D eigenvalue weighted by Crippen LogP contribution is -2.41. The Morgan fingerprint density at radius 3 is 2.32 bits per heavy atom. The summed E-state index contributed by atoms with van der Waals surface area (Å²) in [6.45, 7) is 8.03. The zero-order chi connectivity index (χ0) is 13.8. The number of benzene rings is 1.